The average molecular weight is 941 g/mol. The lowest BCUT2D eigenvalue weighted by molar-refractivity contribution is 1.14. The summed E-state index contributed by atoms with van der Waals surface area (Å²) >= 11 is 0. The van der Waals surface area contributed by atoms with Crippen molar-refractivity contribution in [2.45, 2.75) is 0 Å². The second kappa shape index (κ2) is 16.1. The van der Waals surface area contributed by atoms with Crippen LogP contribution in [0.4, 0.5) is 5.69 Å². The predicted octanol–water partition coefficient (Wildman–Crippen LogP) is 17.8. The fraction of sp³-hybridized carbons (Fsp3) is 0. The van der Waals surface area contributed by atoms with Gasteiger partial charge >= 0.3 is 0 Å². The third kappa shape index (κ3) is 5.68. The SMILES string of the molecule is [C-]#[N+]c1c(-c2ccccc2)c(-n2c3ccccc3c3c4c5ccccc5n(-c5ccccc5)c4ccc32)c(C#N)c(-c2ccccc2)c1-n1c2ccccc2c2c3c4ccccc4n(-c4ccccc4)c3ccc21. The van der Waals surface area contributed by atoms with E-state index >= 15 is 0 Å². The molecule has 0 aliphatic rings. The smallest absolute Gasteiger partial charge is 0.221 e. The van der Waals surface area contributed by atoms with Gasteiger partial charge in [-0.25, -0.2) is 4.85 Å². The molecule has 6 heteroatoms. The first-order valence-corrected chi connectivity index (χ1v) is 24.9. The number of nitriles is 1. The third-order valence-electron chi connectivity index (χ3n) is 15.2. The molecular weight excluding hydrogens is 901 g/mol. The van der Waals surface area contributed by atoms with E-state index in [1.165, 1.54) is 0 Å². The van der Waals surface area contributed by atoms with Crippen molar-refractivity contribution >= 4 is 92.9 Å². The Balaban J connectivity index is 1.14. The molecule has 74 heavy (non-hydrogen) atoms. The summed E-state index contributed by atoms with van der Waals surface area (Å²) in [6.45, 7) is 9.56. The first kappa shape index (κ1) is 41.4. The fourth-order valence-electron chi connectivity index (χ4n) is 12.4. The van der Waals surface area contributed by atoms with Gasteiger partial charge in [0.05, 0.1) is 67.6 Å². The van der Waals surface area contributed by atoms with Crippen molar-refractivity contribution in [3.05, 3.63) is 260 Å². The Bertz CT molecular complexity index is 4570. The minimum Gasteiger partial charge on any atom is -0.318 e. The van der Waals surface area contributed by atoms with Crippen molar-refractivity contribution in [1.29, 1.82) is 5.26 Å². The summed E-state index contributed by atoms with van der Waals surface area (Å²) < 4.78 is 9.26. The first-order chi connectivity index (χ1) is 36.7. The van der Waals surface area contributed by atoms with E-state index in [1.807, 2.05) is 36.4 Å². The Hall–Kier alpha value is -10.4. The van der Waals surface area contributed by atoms with Gasteiger partial charge in [0, 0.05) is 65.6 Å². The molecule has 0 fully saturated rings. The zero-order valence-corrected chi connectivity index (χ0v) is 39.8. The van der Waals surface area contributed by atoms with Crippen LogP contribution in [0.25, 0.3) is 137 Å². The highest BCUT2D eigenvalue weighted by molar-refractivity contribution is 6.31. The minimum absolute atomic E-state index is 0.450. The molecule has 0 N–H and O–H groups in total. The maximum atomic E-state index is 12.2. The first-order valence-electron chi connectivity index (χ1n) is 24.9. The summed E-state index contributed by atoms with van der Waals surface area (Å²) in [5.74, 6) is 0. The topological polar surface area (TPSA) is 47.9 Å². The molecular formula is C68H40N6. The van der Waals surface area contributed by atoms with Gasteiger partial charge in [-0.05, 0) is 83.9 Å². The number of para-hydroxylation sites is 6. The number of benzene rings is 11. The van der Waals surface area contributed by atoms with Crippen LogP contribution in [-0.4, -0.2) is 18.3 Å². The standard InChI is InChI=1S/C68H40N6/c1-70-66-61(44-24-8-3-9-25-44)67(73-54-36-20-16-32-49(54)64-58(73)40-38-56-62(64)47-30-14-18-34-52(47)71(56)45-26-10-4-11-27-45)51(42-69)60(43-22-6-2-7-23-43)68(66)74-55-37-21-17-33-50(55)65-59(74)41-39-57-63(65)48-31-15-19-35-53(48)72(57)46-28-12-5-13-29-46/h2-41H. The summed E-state index contributed by atoms with van der Waals surface area (Å²) in [4.78, 5) is 4.69. The number of nitrogens with zero attached hydrogens (tertiary/aromatic N) is 6. The van der Waals surface area contributed by atoms with Gasteiger partial charge in [0.15, 0.2) is 0 Å². The Morgan fingerprint density at radius 1 is 0.311 bits per heavy atom. The Kier molecular flexibility index (Phi) is 8.99. The van der Waals surface area contributed by atoms with Crippen LogP contribution in [0.3, 0.4) is 0 Å². The maximum Gasteiger partial charge on any atom is 0.221 e. The normalized spacial score (nSPS) is 11.8. The molecule has 342 valence electrons. The number of hydrogen-bond acceptors (Lipinski definition) is 1. The van der Waals surface area contributed by atoms with E-state index in [0.717, 1.165) is 110 Å². The highest BCUT2D eigenvalue weighted by Gasteiger charge is 2.33. The molecule has 0 aliphatic carbocycles. The molecule has 0 aliphatic heterocycles. The van der Waals surface area contributed by atoms with E-state index in [0.29, 0.717) is 33.8 Å². The van der Waals surface area contributed by atoms with Crippen LogP contribution in [0.15, 0.2) is 243 Å². The van der Waals surface area contributed by atoms with Gasteiger partial charge in [-0.3, -0.25) is 0 Å². The number of rotatable bonds is 6. The van der Waals surface area contributed by atoms with Gasteiger partial charge in [-0.2, -0.15) is 5.26 Å². The van der Waals surface area contributed by atoms with Crippen LogP contribution < -0.4 is 0 Å². The maximum absolute atomic E-state index is 12.2. The molecule has 11 aromatic carbocycles. The van der Waals surface area contributed by atoms with Gasteiger partial charge in [-0.15, -0.1) is 0 Å². The number of aromatic nitrogens is 4. The Labute approximate surface area is 425 Å². The van der Waals surface area contributed by atoms with Crippen LogP contribution in [-0.2, 0) is 0 Å². The lowest BCUT2D eigenvalue weighted by Crippen LogP contribution is -2.08. The molecule has 0 atom stereocenters. The Morgan fingerprint density at radius 3 is 1.00 bits per heavy atom. The molecule has 6 nitrogen and oxygen atoms in total. The summed E-state index contributed by atoms with van der Waals surface area (Å²) in [7, 11) is 0. The molecule has 0 saturated carbocycles. The third-order valence-corrected chi connectivity index (χ3v) is 15.2. The highest BCUT2D eigenvalue weighted by Crippen LogP contribution is 2.54. The molecule has 0 bridgehead atoms. The number of hydrogen-bond donors (Lipinski definition) is 0. The molecule has 4 aromatic heterocycles. The molecule has 0 unspecified atom stereocenters. The summed E-state index contributed by atoms with van der Waals surface area (Å²) in [6, 6.07) is 87.6. The van der Waals surface area contributed by atoms with E-state index in [-0.39, 0.29) is 0 Å². The average Bonchev–Trinajstić information content (AvgIpc) is 4.20. The van der Waals surface area contributed by atoms with Crippen LogP contribution in [0.5, 0.6) is 0 Å². The van der Waals surface area contributed by atoms with E-state index in [2.05, 4.69) is 231 Å². The van der Waals surface area contributed by atoms with E-state index in [1.54, 1.807) is 0 Å². The van der Waals surface area contributed by atoms with Crippen molar-refractivity contribution in [1.82, 2.24) is 18.3 Å². The summed E-state index contributed by atoms with van der Waals surface area (Å²) in [5, 5.41) is 21.1. The quantitative estimate of drug-likeness (QED) is 0.153. The molecule has 0 saturated heterocycles. The van der Waals surface area contributed by atoms with Crippen molar-refractivity contribution in [3.63, 3.8) is 0 Å². The largest absolute Gasteiger partial charge is 0.318 e. The lowest BCUT2D eigenvalue weighted by atomic mass is 9.88. The van der Waals surface area contributed by atoms with Gasteiger partial charge in [0.25, 0.3) is 0 Å². The van der Waals surface area contributed by atoms with Crippen molar-refractivity contribution in [2.24, 2.45) is 0 Å². The van der Waals surface area contributed by atoms with E-state index < -0.39 is 0 Å². The second-order valence-corrected chi connectivity index (χ2v) is 18.9. The van der Waals surface area contributed by atoms with Crippen molar-refractivity contribution in [3.8, 4) is 51.1 Å². The van der Waals surface area contributed by atoms with Crippen LogP contribution >= 0.6 is 0 Å². The highest BCUT2D eigenvalue weighted by atomic mass is 15.0. The Morgan fingerprint density at radius 2 is 0.622 bits per heavy atom. The molecule has 15 aromatic rings. The summed E-state index contributed by atoms with van der Waals surface area (Å²) in [5.41, 5.74) is 15.6. The zero-order chi connectivity index (χ0) is 49.0. The van der Waals surface area contributed by atoms with Gasteiger partial charge in [0.1, 0.15) is 6.07 Å². The fourth-order valence-corrected chi connectivity index (χ4v) is 12.4. The van der Waals surface area contributed by atoms with E-state index in [9.17, 15) is 11.8 Å². The van der Waals surface area contributed by atoms with Gasteiger partial charge in [0.2, 0.25) is 5.69 Å². The van der Waals surface area contributed by atoms with Crippen LogP contribution in [0.2, 0.25) is 0 Å². The molecule has 15 rings (SSSR count). The predicted molar refractivity (Wildman–Crippen MR) is 306 cm³/mol. The minimum atomic E-state index is 0.450. The van der Waals surface area contributed by atoms with Crippen molar-refractivity contribution < 1.29 is 0 Å². The molecule has 4 heterocycles. The second-order valence-electron chi connectivity index (χ2n) is 18.9. The summed E-state index contributed by atoms with van der Waals surface area (Å²) in [6.07, 6.45) is 0. The monoisotopic (exact) mass is 940 g/mol. The lowest BCUT2D eigenvalue weighted by Gasteiger charge is -2.25. The van der Waals surface area contributed by atoms with Crippen LogP contribution in [0, 0.1) is 17.9 Å². The number of fused-ring (bicyclic) bond motifs is 14. The van der Waals surface area contributed by atoms with E-state index in [4.69, 9.17) is 4.85 Å². The van der Waals surface area contributed by atoms with Crippen molar-refractivity contribution in [2.75, 3.05) is 0 Å². The van der Waals surface area contributed by atoms with Crippen LogP contribution in [0.1, 0.15) is 5.56 Å². The van der Waals surface area contributed by atoms with Gasteiger partial charge < -0.3 is 18.3 Å². The van der Waals surface area contributed by atoms with Gasteiger partial charge in [-0.1, -0.05) is 170 Å². The molecule has 0 amide bonds. The molecule has 0 spiro atoms. The zero-order valence-electron chi connectivity index (χ0n) is 39.8. The molecule has 0 radical (unpaired) electrons.